The first-order chi connectivity index (χ1) is 8.26. The number of hydrogen-bond acceptors (Lipinski definition) is 4. The maximum atomic E-state index is 5.49. The van der Waals surface area contributed by atoms with E-state index in [-0.39, 0.29) is 0 Å². The van der Waals surface area contributed by atoms with Gasteiger partial charge in [-0.15, -0.1) is 0 Å². The summed E-state index contributed by atoms with van der Waals surface area (Å²) in [4.78, 5) is 0. The second kappa shape index (κ2) is 7.01. The molecule has 0 N–H and O–H groups in total. The summed E-state index contributed by atoms with van der Waals surface area (Å²) in [7, 11) is 4.80. The molecule has 0 radical (unpaired) electrons. The summed E-state index contributed by atoms with van der Waals surface area (Å²) in [5.74, 6) is 1.91. The minimum Gasteiger partial charge on any atom is -0.493 e. The van der Waals surface area contributed by atoms with Gasteiger partial charge in [0.25, 0.3) is 0 Å². The highest BCUT2D eigenvalue weighted by Crippen LogP contribution is 2.38. The van der Waals surface area contributed by atoms with E-state index < -0.39 is 0 Å². The quantitative estimate of drug-likeness (QED) is 0.686. The average Bonchev–Trinajstić information content (AvgIpc) is 2.37. The molecular formula is C13H20O4. The molecule has 0 atom stereocenters. The Bertz CT molecular complexity index is 324. The van der Waals surface area contributed by atoms with E-state index in [1.165, 1.54) is 0 Å². The second-order valence-corrected chi connectivity index (χ2v) is 3.59. The maximum absolute atomic E-state index is 5.49. The Hall–Kier alpha value is -1.42. The van der Waals surface area contributed by atoms with Gasteiger partial charge in [0.15, 0.2) is 11.5 Å². The van der Waals surface area contributed by atoms with Crippen LogP contribution in [0.1, 0.15) is 18.9 Å². The van der Waals surface area contributed by atoms with Crippen molar-refractivity contribution in [1.29, 1.82) is 0 Å². The summed E-state index contributed by atoms with van der Waals surface area (Å²) in [6, 6.07) is 3.80. The molecule has 0 bridgehead atoms. The maximum Gasteiger partial charge on any atom is 0.203 e. The molecule has 1 aromatic carbocycles. The van der Waals surface area contributed by atoms with Gasteiger partial charge >= 0.3 is 0 Å². The molecule has 96 valence electrons. The molecule has 0 unspecified atom stereocenters. The standard InChI is InChI=1S/C13H20O4/c1-5-6-17-9-10-7-11(14-2)13(16-4)12(8-10)15-3/h7-8H,5-6,9H2,1-4H3. The van der Waals surface area contributed by atoms with E-state index in [2.05, 4.69) is 6.92 Å². The molecule has 0 aromatic heterocycles. The predicted octanol–water partition coefficient (Wildman–Crippen LogP) is 2.64. The third-order valence-corrected chi connectivity index (χ3v) is 2.34. The minimum atomic E-state index is 0.546. The third-order valence-electron chi connectivity index (χ3n) is 2.34. The van der Waals surface area contributed by atoms with Crippen molar-refractivity contribution in [3.8, 4) is 17.2 Å². The van der Waals surface area contributed by atoms with Crippen LogP contribution in [0.25, 0.3) is 0 Å². The van der Waals surface area contributed by atoms with Gasteiger partial charge in [0.05, 0.1) is 27.9 Å². The molecular weight excluding hydrogens is 220 g/mol. The Labute approximate surface area is 102 Å². The molecule has 0 fully saturated rings. The van der Waals surface area contributed by atoms with Crippen molar-refractivity contribution in [2.24, 2.45) is 0 Å². The van der Waals surface area contributed by atoms with Crippen LogP contribution in [0.4, 0.5) is 0 Å². The molecule has 0 amide bonds. The van der Waals surface area contributed by atoms with Crippen molar-refractivity contribution in [1.82, 2.24) is 0 Å². The zero-order valence-corrected chi connectivity index (χ0v) is 10.9. The van der Waals surface area contributed by atoms with Gasteiger partial charge in [-0.3, -0.25) is 0 Å². The Morgan fingerprint density at radius 1 is 0.941 bits per heavy atom. The van der Waals surface area contributed by atoms with Crippen LogP contribution in [0.5, 0.6) is 17.2 Å². The Balaban J connectivity index is 2.92. The van der Waals surface area contributed by atoms with Crippen molar-refractivity contribution in [2.45, 2.75) is 20.0 Å². The normalized spacial score (nSPS) is 10.1. The highest BCUT2D eigenvalue weighted by molar-refractivity contribution is 5.53. The van der Waals surface area contributed by atoms with Crippen LogP contribution in [0.3, 0.4) is 0 Å². The van der Waals surface area contributed by atoms with Gasteiger partial charge in [-0.2, -0.15) is 0 Å². The van der Waals surface area contributed by atoms with Crippen LogP contribution in [-0.2, 0) is 11.3 Å². The lowest BCUT2D eigenvalue weighted by molar-refractivity contribution is 0.121. The van der Waals surface area contributed by atoms with Gasteiger partial charge in [0.1, 0.15) is 0 Å². The topological polar surface area (TPSA) is 36.9 Å². The van der Waals surface area contributed by atoms with Crippen LogP contribution in [-0.4, -0.2) is 27.9 Å². The Morgan fingerprint density at radius 3 is 1.94 bits per heavy atom. The molecule has 0 aliphatic heterocycles. The largest absolute Gasteiger partial charge is 0.493 e. The van der Waals surface area contributed by atoms with E-state index >= 15 is 0 Å². The van der Waals surface area contributed by atoms with E-state index in [4.69, 9.17) is 18.9 Å². The molecule has 17 heavy (non-hydrogen) atoms. The molecule has 0 aliphatic carbocycles. The van der Waals surface area contributed by atoms with Crippen LogP contribution in [0.15, 0.2) is 12.1 Å². The second-order valence-electron chi connectivity index (χ2n) is 3.59. The number of hydrogen-bond donors (Lipinski definition) is 0. The van der Waals surface area contributed by atoms with Gasteiger partial charge in [-0.1, -0.05) is 6.92 Å². The number of methoxy groups -OCH3 is 3. The lowest BCUT2D eigenvalue weighted by Gasteiger charge is -2.14. The predicted molar refractivity (Wildman–Crippen MR) is 66.0 cm³/mol. The van der Waals surface area contributed by atoms with E-state index in [1.807, 2.05) is 12.1 Å². The molecule has 0 saturated heterocycles. The Kier molecular flexibility index (Phi) is 5.63. The molecule has 4 heteroatoms. The van der Waals surface area contributed by atoms with Gasteiger partial charge in [-0.25, -0.2) is 0 Å². The molecule has 0 spiro atoms. The number of benzene rings is 1. The fraction of sp³-hybridized carbons (Fsp3) is 0.538. The van der Waals surface area contributed by atoms with Gasteiger partial charge in [0, 0.05) is 6.61 Å². The third kappa shape index (κ3) is 3.53. The van der Waals surface area contributed by atoms with Crippen molar-refractivity contribution in [3.63, 3.8) is 0 Å². The smallest absolute Gasteiger partial charge is 0.203 e. The van der Waals surface area contributed by atoms with Crippen LogP contribution in [0, 0.1) is 0 Å². The molecule has 1 aromatic rings. The number of ether oxygens (including phenoxy) is 4. The first-order valence-corrected chi connectivity index (χ1v) is 5.63. The zero-order valence-electron chi connectivity index (χ0n) is 10.9. The summed E-state index contributed by atoms with van der Waals surface area (Å²) in [6.07, 6.45) is 1.00. The lowest BCUT2D eigenvalue weighted by atomic mass is 10.2. The monoisotopic (exact) mass is 240 g/mol. The Morgan fingerprint density at radius 2 is 1.53 bits per heavy atom. The fourth-order valence-electron chi connectivity index (χ4n) is 1.55. The van der Waals surface area contributed by atoms with E-state index in [9.17, 15) is 0 Å². The first kappa shape index (κ1) is 13.6. The van der Waals surface area contributed by atoms with Crippen LogP contribution < -0.4 is 14.2 Å². The summed E-state index contributed by atoms with van der Waals surface area (Å²) in [6.45, 7) is 3.37. The van der Waals surface area contributed by atoms with Crippen molar-refractivity contribution < 1.29 is 18.9 Å². The van der Waals surface area contributed by atoms with E-state index in [1.54, 1.807) is 21.3 Å². The van der Waals surface area contributed by atoms with E-state index in [0.29, 0.717) is 23.9 Å². The summed E-state index contributed by atoms with van der Waals surface area (Å²) in [5, 5.41) is 0. The number of rotatable bonds is 7. The van der Waals surface area contributed by atoms with Gasteiger partial charge in [0.2, 0.25) is 5.75 Å². The van der Waals surface area contributed by atoms with E-state index in [0.717, 1.165) is 18.6 Å². The zero-order chi connectivity index (χ0) is 12.7. The van der Waals surface area contributed by atoms with Gasteiger partial charge in [-0.05, 0) is 24.1 Å². The van der Waals surface area contributed by atoms with Gasteiger partial charge < -0.3 is 18.9 Å². The summed E-state index contributed by atoms with van der Waals surface area (Å²) < 4.78 is 21.3. The minimum absolute atomic E-state index is 0.546. The summed E-state index contributed by atoms with van der Waals surface area (Å²) in [5.41, 5.74) is 1.01. The summed E-state index contributed by atoms with van der Waals surface area (Å²) >= 11 is 0. The van der Waals surface area contributed by atoms with Crippen molar-refractivity contribution in [2.75, 3.05) is 27.9 Å². The average molecular weight is 240 g/mol. The molecule has 0 saturated carbocycles. The molecule has 0 heterocycles. The van der Waals surface area contributed by atoms with Crippen molar-refractivity contribution in [3.05, 3.63) is 17.7 Å². The van der Waals surface area contributed by atoms with Crippen LogP contribution >= 0.6 is 0 Å². The van der Waals surface area contributed by atoms with Crippen molar-refractivity contribution >= 4 is 0 Å². The van der Waals surface area contributed by atoms with Crippen LogP contribution in [0.2, 0.25) is 0 Å². The molecule has 1 rings (SSSR count). The lowest BCUT2D eigenvalue weighted by Crippen LogP contribution is -1.99. The molecule has 0 aliphatic rings. The highest BCUT2D eigenvalue weighted by Gasteiger charge is 2.12. The fourth-order valence-corrected chi connectivity index (χ4v) is 1.55. The highest BCUT2D eigenvalue weighted by atomic mass is 16.5. The molecule has 4 nitrogen and oxygen atoms in total. The SMILES string of the molecule is CCCOCc1cc(OC)c(OC)c(OC)c1. The first-order valence-electron chi connectivity index (χ1n) is 5.63.